The van der Waals surface area contributed by atoms with Crippen LogP contribution in [0.3, 0.4) is 0 Å². The molecular weight excluding hydrogens is 484 g/mol. The van der Waals surface area contributed by atoms with E-state index in [0.29, 0.717) is 0 Å². The fraction of sp³-hybridized carbons (Fsp3) is 0.455. The minimum Gasteiger partial charge on any atom is -0.352 e. The van der Waals surface area contributed by atoms with Gasteiger partial charge in [0.15, 0.2) is 0 Å². The number of aromatic nitrogens is 2. The summed E-state index contributed by atoms with van der Waals surface area (Å²) in [4.78, 5) is 9.51. The summed E-state index contributed by atoms with van der Waals surface area (Å²) in [6, 6.07) is 7.69. The molecule has 4 bridgehead atoms. The van der Waals surface area contributed by atoms with Crippen LogP contribution in [0.2, 0.25) is 0 Å². The molecule has 0 spiro atoms. The van der Waals surface area contributed by atoms with Crippen molar-refractivity contribution >= 4 is 21.8 Å². The zero-order valence-electron chi connectivity index (χ0n) is 14.4. The van der Waals surface area contributed by atoms with E-state index < -0.39 is 0 Å². The van der Waals surface area contributed by atoms with Crippen molar-refractivity contribution in [2.75, 3.05) is 0 Å². The molecular formula is C22H21IrN2-. The number of rotatable bonds is 0. The third kappa shape index (κ3) is 2.18. The van der Waals surface area contributed by atoms with Gasteiger partial charge in [0.2, 0.25) is 0 Å². The van der Waals surface area contributed by atoms with E-state index in [-0.39, 0.29) is 20.1 Å². The first-order valence-electron chi connectivity index (χ1n) is 9.36. The number of benzene rings is 1. The second-order valence-corrected chi connectivity index (χ2v) is 8.33. The molecule has 0 N–H and O–H groups in total. The van der Waals surface area contributed by atoms with Crippen LogP contribution in [0.5, 0.6) is 0 Å². The molecule has 1 aromatic carbocycles. The normalized spacial score (nSPS) is 29.5. The van der Waals surface area contributed by atoms with Crippen LogP contribution in [-0.4, -0.2) is 9.97 Å². The fourth-order valence-corrected chi connectivity index (χ4v) is 6.15. The van der Waals surface area contributed by atoms with Crippen molar-refractivity contribution in [3.05, 3.63) is 47.3 Å². The molecule has 3 heteroatoms. The Kier molecular flexibility index (Phi) is 3.56. The summed E-state index contributed by atoms with van der Waals surface area (Å²) in [7, 11) is 0. The standard InChI is InChI=1S/C22H21N2.Ir/c1-12-5-18-20-16-9-13-6-14(10-16)8-15(7-13)19(20)11-24-22(18)17-3-2-4-23-21(12)17;/h2,4-5,11,13-16H,6-10H2,1H3;/q-1;. The molecule has 3 aromatic rings. The molecule has 2 aromatic heterocycles. The van der Waals surface area contributed by atoms with Gasteiger partial charge in [0.25, 0.3) is 0 Å². The second-order valence-electron chi connectivity index (χ2n) is 8.33. The summed E-state index contributed by atoms with van der Waals surface area (Å²) in [5, 5.41) is 2.49. The van der Waals surface area contributed by atoms with Gasteiger partial charge in [-0.15, -0.1) is 12.1 Å². The van der Waals surface area contributed by atoms with Crippen LogP contribution in [0.1, 0.15) is 60.6 Å². The third-order valence-corrected chi connectivity index (χ3v) is 6.89. The van der Waals surface area contributed by atoms with E-state index in [9.17, 15) is 0 Å². The van der Waals surface area contributed by atoms with Crippen LogP contribution >= 0.6 is 0 Å². The molecule has 0 saturated heterocycles. The van der Waals surface area contributed by atoms with Gasteiger partial charge in [-0.25, -0.2) is 0 Å². The second kappa shape index (κ2) is 5.59. The minimum absolute atomic E-state index is 0. The Labute approximate surface area is 161 Å². The van der Waals surface area contributed by atoms with Crippen LogP contribution in [0.25, 0.3) is 21.8 Å². The average Bonchev–Trinajstić information content (AvgIpc) is 2.76. The Morgan fingerprint density at radius 3 is 2.52 bits per heavy atom. The molecule has 2 nitrogen and oxygen atoms in total. The molecule has 1 radical (unpaired) electrons. The molecule has 4 aliphatic rings. The van der Waals surface area contributed by atoms with Crippen LogP contribution in [0, 0.1) is 24.8 Å². The monoisotopic (exact) mass is 506 g/mol. The Morgan fingerprint density at radius 2 is 1.72 bits per heavy atom. The van der Waals surface area contributed by atoms with E-state index in [1.165, 1.54) is 43.1 Å². The molecule has 0 aliphatic heterocycles. The Bertz CT molecular complexity index is 982. The van der Waals surface area contributed by atoms with E-state index in [0.717, 1.165) is 40.1 Å². The molecule has 129 valence electrons. The van der Waals surface area contributed by atoms with E-state index in [4.69, 9.17) is 4.98 Å². The van der Waals surface area contributed by atoms with Gasteiger partial charge in [-0.1, -0.05) is 23.2 Å². The van der Waals surface area contributed by atoms with Crippen molar-refractivity contribution < 1.29 is 20.1 Å². The molecule has 2 unspecified atom stereocenters. The molecule has 0 amide bonds. The first-order valence-corrected chi connectivity index (χ1v) is 9.36. The fourth-order valence-electron chi connectivity index (χ4n) is 6.15. The Morgan fingerprint density at radius 1 is 0.960 bits per heavy atom. The van der Waals surface area contributed by atoms with Gasteiger partial charge in [-0.3, -0.25) is 0 Å². The maximum Gasteiger partial charge on any atom is 0.0199 e. The third-order valence-electron chi connectivity index (χ3n) is 6.89. The predicted octanol–water partition coefficient (Wildman–Crippen LogP) is 5.28. The molecule has 2 saturated carbocycles. The topological polar surface area (TPSA) is 25.8 Å². The maximum absolute atomic E-state index is 4.93. The van der Waals surface area contributed by atoms with Gasteiger partial charge in [0.05, 0.1) is 0 Å². The molecule has 2 atom stereocenters. The SMILES string of the molecule is Cc1cc2c3c(cnc2c2[c-]ccnc12)C1CC2CC(C1)CC3C2.[Ir]. The van der Waals surface area contributed by atoms with Gasteiger partial charge in [-0.05, 0) is 90.2 Å². The largest absolute Gasteiger partial charge is 0.352 e. The zero-order valence-corrected chi connectivity index (χ0v) is 16.8. The van der Waals surface area contributed by atoms with E-state index in [1.54, 1.807) is 11.1 Å². The van der Waals surface area contributed by atoms with Crippen LogP contribution in [-0.2, 0) is 20.1 Å². The van der Waals surface area contributed by atoms with Crippen LogP contribution in [0.15, 0.2) is 24.5 Å². The van der Waals surface area contributed by atoms with Crippen LogP contribution < -0.4 is 0 Å². The number of fused-ring (bicyclic) bond motifs is 3. The number of hydrogen-bond donors (Lipinski definition) is 0. The van der Waals surface area contributed by atoms with Gasteiger partial charge >= 0.3 is 0 Å². The summed E-state index contributed by atoms with van der Waals surface area (Å²) in [5.74, 6) is 3.40. The Hall–Kier alpha value is -1.31. The number of aryl methyl sites for hydroxylation is 1. The Balaban J connectivity index is 0.00000140. The maximum atomic E-state index is 4.93. The molecule has 4 aliphatic carbocycles. The minimum atomic E-state index is 0. The number of hydrogen-bond acceptors (Lipinski definition) is 2. The molecule has 2 fully saturated rings. The molecule has 25 heavy (non-hydrogen) atoms. The summed E-state index contributed by atoms with van der Waals surface area (Å²) in [6.45, 7) is 2.18. The van der Waals surface area contributed by atoms with Gasteiger partial charge in [-0.2, -0.15) is 0 Å². The van der Waals surface area contributed by atoms with Crippen molar-refractivity contribution in [2.24, 2.45) is 11.8 Å². The average molecular weight is 506 g/mol. The number of pyridine rings is 2. The van der Waals surface area contributed by atoms with E-state index in [2.05, 4.69) is 30.2 Å². The van der Waals surface area contributed by atoms with Gasteiger partial charge in [0, 0.05) is 26.3 Å². The first-order chi connectivity index (χ1) is 11.8. The van der Waals surface area contributed by atoms with Crippen molar-refractivity contribution in [3.8, 4) is 0 Å². The predicted molar refractivity (Wildman–Crippen MR) is 96.2 cm³/mol. The molecule has 2 heterocycles. The first kappa shape index (κ1) is 15.9. The summed E-state index contributed by atoms with van der Waals surface area (Å²) in [5.41, 5.74) is 6.63. The smallest absolute Gasteiger partial charge is 0.0199 e. The number of nitrogens with zero attached hydrogens (tertiary/aromatic N) is 2. The summed E-state index contributed by atoms with van der Waals surface area (Å²) >= 11 is 0. The van der Waals surface area contributed by atoms with Crippen LogP contribution in [0.4, 0.5) is 0 Å². The quantitative estimate of drug-likeness (QED) is 0.307. The van der Waals surface area contributed by atoms with Gasteiger partial charge in [0.1, 0.15) is 0 Å². The summed E-state index contributed by atoms with van der Waals surface area (Å²) in [6.07, 6.45) is 11.1. The zero-order chi connectivity index (χ0) is 15.8. The van der Waals surface area contributed by atoms with Crippen molar-refractivity contribution in [2.45, 2.75) is 50.9 Å². The van der Waals surface area contributed by atoms with Gasteiger partial charge < -0.3 is 9.97 Å². The van der Waals surface area contributed by atoms with Crippen molar-refractivity contribution in [3.63, 3.8) is 0 Å². The van der Waals surface area contributed by atoms with Crippen molar-refractivity contribution in [1.82, 2.24) is 9.97 Å². The van der Waals surface area contributed by atoms with E-state index in [1.807, 2.05) is 12.3 Å². The van der Waals surface area contributed by atoms with E-state index >= 15 is 0 Å². The summed E-state index contributed by atoms with van der Waals surface area (Å²) < 4.78 is 0. The van der Waals surface area contributed by atoms with Crippen molar-refractivity contribution in [1.29, 1.82) is 0 Å². The molecule has 7 rings (SSSR count).